The molecule has 1 atom stereocenters. The van der Waals surface area contributed by atoms with Crippen molar-refractivity contribution < 1.29 is 13.9 Å². The number of rotatable bonds is 2. The Morgan fingerprint density at radius 2 is 1.76 bits per heavy atom. The number of amides is 1. The van der Waals surface area contributed by atoms with Crippen molar-refractivity contribution in [2.24, 2.45) is 5.73 Å². The number of nitrogens with two attached hydrogens (primary N) is 1. The average Bonchev–Trinajstić information content (AvgIpc) is 3.08. The molecule has 6 rings (SSSR count). The number of fused-ring (bicyclic) bond motifs is 6. The van der Waals surface area contributed by atoms with Gasteiger partial charge in [0.25, 0.3) is 0 Å². The summed E-state index contributed by atoms with van der Waals surface area (Å²) in [5.41, 5.74) is 5.67. The number of nitrogens with zero attached hydrogens (tertiary/aromatic N) is 3. The third kappa shape index (κ3) is 2.43. The van der Waals surface area contributed by atoms with Crippen LogP contribution in [0.4, 0.5) is 5.69 Å². The number of aromatic nitrogens is 1. The van der Waals surface area contributed by atoms with Crippen molar-refractivity contribution in [1.82, 2.24) is 4.98 Å². The van der Waals surface area contributed by atoms with E-state index in [1.54, 1.807) is 78.0 Å². The lowest BCUT2D eigenvalue weighted by atomic mass is 9.69. The number of carbonyl (C=O) groups is 1. The summed E-state index contributed by atoms with van der Waals surface area (Å²) in [5.74, 6) is -0.575. The molecule has 0 radical (unpaired) electrons. The Morgan fingerprint density at radius 3 is 2.56 bits per heavy atom. The van der Waals surface area contributed by atoms with Crippen molar-refractivity contribution in [3.8, 4) is 11.8 Å². The Hall–Kier alpha value is -4.90. The fourth-order valence-electron chi connectivity index (χ4n) is 4.92. The van der Waals surface area contributed by atoms with Crippen molar-refractivity contribution in [3.63, 3.8) is 0 Å². The van der Waals surface area contributed by atoms with Crippen molar-refractivity contribution in [3.05, 3.63) is 112 Å². The van der Waals surface area contributed by atoms with Gasteiger partial charge in [-0.3, -0.25) is 9.78 Å². The molecule has 2 aliphatic rings. The van der Waals surface area contributed by atoms with E-state index in [1.807, 2.05) is 6.07 Å². The number of carbonyl (C=O) groups excluding carboxylic acids is 1. The minimum absolute atomic E-state index is 0.0494. The minimum atomic E-state index is -1.79. The SMILES string of the molecule is N#CC1=C(N)Oc2c(c(=O)oc3ccccc23)[C@]12C(=O)N(Cc1ccncc1)c1ccccc12. The molecule has 4 aromatic rings. The second-order valence-corrected chi connectivity index (χ2v) is 8.06. The van der Waals surface area contributed by atoms with Crippen LogP contribution in [-0.4, -0.2) is 10.9 Å². The second-order valence-electron chi connectivity index (χ2n) is 8.06. The van der Waals surface area contributed by atoms with Crippen LogP contribution in [0.2, 0.25) is 0 Å². The van der Waals surface area contributed by atoms with Gasteiger partial charge >= 0.3 is 5.63 Å². The summed E-state index contributed by atoms with van der Waals surface area (Å²) in [6, 6.07) is 19.6. The summed E-state index contributed by atoms with van der Waals surface area (Å²) in [6.45, 7) is 0.216. The van der Waals surface area contributed by atoms with E-state index in [-0.39, 0.29) is 29.3 Å². The molecular weight excluding hydrogens is 432 g/mol. The number of benzene rings is 2. The van der Waals surface area contributed by atoms with Gasteiger partial charge in [0.15, 0.2) is 11.2 Å². The van der Waals surface area contributed by atoms with Crippen molar-refractivity contribution in [2.45, 2.75) is 12.0 Å². The zero-order chi connectivity index (χ0) is 23.4. The van der Waals surface area contributed by atoms with Gasteiger partial charge in [-0.15, -0.1) is 0 Å². The summed E-state index contributed by atoms with van der Waals surface area (Å²) in [5, 5.41) is 10.6. The predicted molar refractivity (Wildman–Crippen MR) is 123 cm³/mol. The Labute approximate surface area is 193 Å². The van der Waals surface area contributed by atoms with E-state index in [1.165, 1.54) is 0 Å². The molecule has 2 aromatic heterocycles. The van der Waals surface area contributed by atoms with Gasteiger partial charge in [0.2, 0.25) is 11.8 Å². The Morgan fingerprint density at radius 1 is 1.03 bits per heavy atom. The van der Waals surface area contributed by atoms with Gasteiger partial charge in [-0.2, -0.15) is 5.26 Å². The molecule has 2 N–H and O–H groups in total. The van der Waals surface area contributed by atoms with Crippen LogP contribution in [0.15, 0.2) is 93.7 Å². The lowest BCUT2D eigenvalue weighted by Gasteiger charge is -2.33. The minimum Gasteiger partial charge on any atom is -0.439 e. The highest BCUT2D eigenvalue weighted by Crippen LogP contribution is 2.55. The van der Waals surface area contributed by atoms with E-state index >= 15 is 0 Å². The zero-order valence-corrected chi connectivity index (χ0v) is 17.7. The van der Waals surface area contributed by atoms with E-state index in [2.05, 4.69) is 4.98 Å². The molecule has 2 aromatic carbocycles. The first-order valence-corrected chi connectivity index (χ1v) is 10.5. The number of nitriles is 1. The van der Waals surface area contributed by atoms with Crippen LogP contribution in [0.25, 0.3) is 11.0 Å². The normalized spacial score (nSPS) is 18.6. The van der Waals surface area contributed by atoms with Gasteiger partial charge in [0.1, 0.15) is 22.8 Å². The third-order valence-electron chi connectivity index (χ3n) is 6.34. The first-order valence-electron chi connectivity index (χ1n) is 10.5. The van der Waals surface area contributed by atoms with Gasteiger partial charge < -0.3 is 19.8 Å². The maximum absolute atomic E-state index is 14.3. The topological polar surface area (TPSA) is 122 Å². The van der Waals surface area contributed by atoms with Crippen molar-refractivity contribution in [2.75, 3.05) is 4.90 Å². The molecule has 0 aliphatic carbocycles. The second kappa shape index (κ2) is 7.05. The molecule has 4 heterocycles. The van der Waals surface area contributed by atoms with Crippen LogP contribution >= 0.6 is 0 Å². The fraction of sp³-hybridized carbons (Fsp3) is 0.0769. The highest BCUT2D eigenvalue weighted by Gasteiger charge is 2.61. The van der Waals surface area contributed by atoms with E-state index in [9.17, 15) is 14.9 Å². The molecule has 1 spiro atoms. The van der Waals surface area contributed by atoms with Crippen LogP contribution in [0, 0.1) is 11.3 Å². The van der Waals surface area contributed by atoms with Gasteiger partial charge in [0.05, 0.1) is 11.9 Å². The quantitative estimate of drug-likeness (QED) is 0.468. The standard InChI is InChI=1S/C26H16N4O4/c27-13-18-23(28)34-22-16-5-1-4-8-20(16)33-24(31)21(22)26(18)17-6-2-3-7-19(17)30(25(26)32)14-15-9-11-29-12-10-15/h1-12H,14,28H2/t26-/m1/s1. The highest BCUT2D eigenvalue weighted by atomic mass is 16.5. The molecule has 0 saturated carbocycles. The highest BCUT2D eigenvalue weighted by molar-refractivity contribution is 6.14. The maximum atomic E-state index is 14.3. The molecule has 8 heteroatoms. The van der Waals surface area contributed by atoms with Gasteiger partial charge in [-0.25, -0.2) is 4.79 Å². The first kappa shape index (κ1) is 19.8. The van der Waals surface area contributed by atoms with E-state index in [0.717, 1.165) is 5.56 Å². The van der Waals surface area contributed by atoms with Crippen LogP contribution in [0.3, 0.4) is 0 Å². The summed E-state index contributed by atoms with van der Waals surface area (Å²) >= 11 is 0. The monoisotopic (exact) mass is 448 g/mol. The zero-order valence-electron chi connectivity index (χ0n) is 17.7. The van der Waals surface area contributed by atoms with E-state index < -0.39 is 16.9 Å². The summed E-state index contributed by atoms with van der Waals surface area (Å²) < 4.78 is 11.4. The lowest BCUT2D eigenvalue weighted by Crippen LogP contribution is -2.48. The fourth-order valence-corrected chi connectivity index (χ4v) is 4.92. The van der Waals surface area contributed by atoms with Gasteiger partial charge in [-0.1, -0.05) is 30.3 Å². The Bertz CT molecular complexity index is 1630. The molecule has 0 bridgehead atoms. The lowest BCUT2D eigenvalue weighted by molar-refractivity contribution is -0.121. The van der Waals surface area contributed by atoms with Crippen LogP contribution < -0.4 is 21.0 Å². The summed E-state index contributed by atoms with van der Waals surface area (Å²) in [4.78, 5) is 33.4. The molecule has 0 fully saturated rings. The van der Waals surface area contributed by atoms with Crippen LogP contribution in [0.1, 0.15) is 16.7 Å². The summed E-state index contributed by atoms with van der Waals surface area (Å²) in [7, 11) is 0. The van der Waals surface area contributed by atoms with Gasteiger partial charge in [0, 0.05) is 23.6 Å². The number of para-hydroxylation sites is 2. The van der Waals surface area contributed by atoms with E-state index in [4.69, 9.17) is 14.9 Å². The van der Waals surface area contributed by atoms with Gasteiger partial charge in [-0.05, 0) is 35.9 Å². The number of ether oxygens (including phenoxy) is 1. The summed E-state index contributed by atoms with van der Waals surface area (Å²) in [6.07, 6.45) is 3.28. The molecule has 0 unspecified atom stereocenters. The Kier molecular flexibility index (Phi) is 4.10. The number of hydrogen-bond donors (Lipinski definition) is 1. The third-order valence-corrected chi connectivity index (χ3v) is 6.34. The molecule has 34 heavy (non-hydrogen) atoms. The van der Waals surface area contributed by atoms with E-state index in [0.29, 0.717) is 22.2 Å². The number of pyridine rings is 1. The molecule has 0 saturated heterocycles. The molecule has 1 amide bonds. The molecular formula is C26H16N4O4. The van der Waals surface area contributed by atoms with Crippen molar-refractivity contribution >= 4 is 22.6 Å². The number of hydrogen-bond acceptors (Lipinski definition) is 7. The van der Waals surface area contributed by atoms with Crippen LogP contribution in [-0.2, 0) is 16.8 Å². The molecule has 2 aliphatic heterocycles. The number of anilines is 1. The largest absolute Gasteiger partial charge is 0.439 e. The maximum Gasteiger partial charge on any atom is 0.345 e. The smallest absolute Gasteiger partial charge is 0.345 e. The molecule has 164 valence electrons. The Balaban J connectivity index is 1.71. The predicted octanol–water partition coefficient (Wildman–Crippen LogP) is 3.11. The van der Waals surface area contributed by atoms with Crippen molar-refractivity contribution in [1.29, 1.82) is 5.26 Å². The average molecular weight is 448 g/mol. The van der Waals surface area contributed by atoms with Crippen LogP contribution in [0.5, 0.6) is 5.75 Å². The first-order chi connectivity index (χ1) is 16.6. The molecule has 8 nitrogen and oxygen atoms in total.